The van der Waals surface area contributed by atoms with Crippen molar-refractivity contribution in [3.8, 4) is 5.75 Å². The lowest BCUT2D eigenvalue weighted by Gasteiger charge is -2.15. The molecule has 5 nitrogen and oxygen atoms in total. The maximum atomic E-state index is 12.8. The van der Waals surface area contributed by atoms with Gasteiger partial charge in [0.05, 0.1) is 0 Å². The molecule has 0 bridgehead atoms. The van der Waals surface area contributed by atoms with Crippen molar-refractivity contribution in [1.82, 2.24) is 4.57 Å². The van der Waals surface area contributed by atoms with Gasteiger partial charge in [-0.2, -0.15) is 0 Å². The van der Waals surface area contributed by atoms with Gasteiger partial charge in [-0.25, -0.2) is 9.13 Å². The highest BCUT2D eigenvalue weighted by atomic mass is 16.3. The molecule has 2 heterocycles. The molecule has 0 fully saturated rings. The number of aromatic nitrogens is 2. The molecule has 1 unspecified atom stereocenters. The van der Waals surface area contributed by atoms with E-state index in [0.29, 0.717) is 5.56 Å². The Bertz CT molecular complexity index is 1650. The Kier molecular flexibility index (Phi) is 5.15. The second-order valence-corrected chi connectivity index (χ2v) is 8.67. The van der Waals surface area contributed by atoms with Gasteiger partial charge in [-0.15, -0.1) is 0 Å². The van der Waals surface area contributed by atoms with E-state index in [1.165, 1.54) is 12.1 Å². The Morgan fingerprint density at radius 2 is 1.57 bits per heavy atom. The zero-order valence-electron chi connectivity index (χ0n) is 18.9. The molecule has 6 aromatic rings. The first-order chi connectivity index (χ1) is 17.2. The quantitative estimate of drug-likeness (QED) is 0.249. The molecular formula is C30H23N2O3+. The van der Waals surface area contributed by atoms with Crippen LogP contribution in [0.4, 0.5) is 0 Å². The highest BCUT2D eigenvalue weighted by molar-refractivity contribution is 6.05. The largest absolute Gasteiger partial charge is 0.508 e. The number of fused-ring (bicyclic) bond motifs is 3. The topological polar surface area (TPSA) is 59.2 Å². The number of Topliss-reactive ketones (excluding diaryl/α,β-unsaturated/α-hetero) is 1. The number of hydrogen-bond donors (Lipinski definition) is 1. The summed E-state index contributed by atoms with van der Waals surface area (Å²) in [6.07, 6.45) is 5.88. The predicted molar refractivity (Wildman–Crippen MR) is 134 cm³/mol. The third-order valence-electron chi connectivity index (χ3n) is 6.36. The summed E-state index contributed by atoms with van der Waals surface area (Å²) < 4.78 is 10.0. The highest BCUT2D eigenvalue weighted by Crippen LogP contribution is 2.33. The number of imidazole rings is 1. The van der Waals surface area contributed by atoms with E-state index in [0.717, 1.165) is 33.1 Å². The van der Waals surface area contributed by atoms with Crippen LogP contribution in [0.25, 0.3) is 21.9 Å². The third-order valence-corrected chi connectivity index (χ3v) is 6.36. The molecule has 35 heavy (non-hydrogen) atoms. The number of phenolic OH excluding ortho intramolecular Hbond substituents is 1. The van der Waals surface area contributed by atoms with Gasteiger partial charge in [0.1, 0.15) is 29.3 Å². The number of carbonyl (C=O) groups excluding carboxylic acids is 1. The number of para-hydroxylation sites is 1. The Morgan fingerprint density at radius 1 is 0.829 bits per heavy atom. The van der Waals surface area contributed by atoms with Gasteiger partial charge < -0.3 is 9.52 Å². The average molecular weight is 460 g/mol. The van der Waals surface area contributed by atoms with Crippen LogP contribution in [0, 0.1) is 0 Å². The molecule has 1 N–H and O–H groups in total. The summed E-state index contributed by atoms with van der Waals surface area (Å²) in [5.41, 5.74) is 4.58. The molecule has 0 aliphatic rings. The Labute approximate surface area is 202 Å². The number of phenols is 1. The standard InChI is InChI=1S/C30H22N2O3/c33-24-13-10-21(11-14-24)27(34)19-31-16-17-32(20-31)30(22-6-2-1-3-7-22)23-12-15-29-26(18-23)25-8-4-5-9-28(25)35-29/h1-18,20,30H,19H2/p+1. The number of aromatic hydroxyl groups is 1. The number of rotatable bonds is 6. The first-order valence-electron chi connectivity index (χ1n) is 11.5. The highest BCUT2D eigenvalue weighted by Gasteiger charge is 2.23. The smallest absolute Gasteiger partial charge is 0.244 e. The number of nitrogens with zero attached hydrogens (tertiary/aromatic N) is 2. The second kappa shape index (κ2) is 8.61. The van der Waals surface area contributed by atoms with Crippen molar-refractivity contribution in [1.29, 1.82) is 0 Å². The van der Waals surface area contributed by atoms with Crippen LogP contribution in [0.2, 0.25) is 0 Å². The molecule has 0 saturated carbocycles. The molecular weight excluding hydrogens is 436 g/mol. The van der Waals surface area contributed by atoms with Gasteiger partial charge in [-0.05, 0) is 42.5 Å². The second-order valence-electron chi connectivity index (χ2n) is 8.67. The van der Waals surface area contributed by atoms with Gasteiger partial charge in [0, 0.05) is 27.5 Å². The van der Waals surface area contributed by atoms with E-state index in [-0.39, 0.29) is 24.1 Å². The van der Waals surface area contributed by atoms with Gasteiger partial charge in [0.2, 0.25) is 12.1 Å². The van der Waals surface area contributed by atoms with Crippen molar-refractivity contribution in [2.45, 2.75) is 12.6 Å². The fraction of sp³-hybridized carbons (Fsp3) is 0.0667. The molecule has 4 aromatic carbocycles. The maximum Gasteiger partial charge on any atom is 0.244 e. The minimum Gasteiger partial charge on any atom is -0.508 e. The fourth-order valence-electron chi connectivity index (χ4n) is 4.65. The Morgan fingerprint density at radius 3 is 2.40 bits per heavy atom. The van der Waals surface area contributed by atoms with Gasteiger partial charge in [0.15, 0.2) is 12.6 Å². The monoisotopic (exact) mass is 459 g/mol. The molecule has 5 heteroatoms. The predicted octanol–water partition coefficient (Wildman–Crippen LogP) is 5.90. The van der Waals surface area contributed by atoms with E-state index < -0.39 is 0 Å². The van der Waals surface area contributed by atoms with Crippen LogP contribution in [0.5, 0.6) is 5.75 Å². The molecule has 0 aliphatic heterocycles. The first-order valence-corrected chi connectivity index (χ1v) is 11.5. The minimum atomic E-state index is -0.0701. The van der Waals surface area contributed by atoms with Crippen molar-refractivity contribution in [2.75, 3.05) is 0 Å². The summed E-state index contributed by atoms with van der Waals surface area (Å²) in [6, 6.07) is 31.0. The first kappa shape index (κ1) is 20.9. The molecule has 6 rings (SSSR count). The number of furan rings is 1. The molecule has 0 aliphatic carbocycles. The SMILES string of the molecule is O=C(C[n+]1ccn(C(c2ccccc2)c2ccc3oc4ccccc4c3c2)c1)c1ccc(O)cc1. The summed E-state index contributed by atoms with van der Waals surface area (Å²) in [5.74, 6) is 0.128. The number of ketones is 1. The van der Waals surface area contributed by atoms with Gasteiger partial charge in [0.25, 0.3) is 0 Å². The van der Waals surface area contributed by atoms with E-state index in [1.54, 1.807) is 12.1 Å². The normalized spacial score (nSPS) is 12.2. The van der Waals surface area contributed by atoms with E-state index in [2.05, 4.69) is 34.9 Å². The number of carbonyl (C=O) groups is 1. The summed E-state index contributed by atoms with van der Waals surface area (Å²) in [6.45, 7) is 0.213. The summed E-state index contributed by atoms with van der Waals surface area (Å²) >= 11 is 0. The molecule has 1 atom stereocenters. The minimum absolute atomic E-state index is 0.0182. The summed E-state index contributed by atoms with van der Waals surface area (Å²) in [7, 11) is 0. The van der Waals surface area contributed by atoms with Gasteiger partial charge >= 0.3 is 0 Å². The lowest BCUT2D eigenvalue weighted by atomic mass is 9.97. The zero-order chi connectivity index (χ0) is 23.8. The lowest BCUT2D eigenvalue weighted by molar-refractivity contribution is -0.682. The van der Waals surface area contributed by atoms with Crippen molar-refractivity contribution < 1.29 is 18.9 Å². The van der Waals surface area contributed by atoms with Crippen LogP contribution < -0.4 is 4.57 Å². The molecule has 0 saturated heterocycles. The van der Waals surface area contributed by atoms with Crippen molar-refractivity contribution >= 4 is 27.7 Å². The van der Waals surface area contributed by atoms with Crippen molar-refractivity contribution in [2.24, 2.45) is 0 Å². The summed E-state index contributed by atoms with van der Waals surface area (Å²) in [4.78, 5) is 12.8. The molecule has 0 amide bonds. The maximum absolute atomic E-state index is 12.8. The lowest BCUT2D eigenvalue weighted by Crippen LogP contribution is -2.36. The van der Waals surface area contributed by atoms with Crippen molar-refractivity contribution in [3.63, 3.8) is 0 Å². The molecule has 170 valence electrons. The molecule has 0 radical (unpaired) electrons. The van der Waals surface area contributed by atoms with Gasteiger partial charge in [-0.1, -0.05) is 54.6 Å². The van der Waals surface area contributed by atoms with Crippen LogP contribution in [0.3, 0.4) is 0 Å². The molecule has 0 spiro atoms. The Hall–Kier alpha value is -4.64. The summed E-state index contributed by atoms with van der Waals surface area (Å²) in [5, 5.41) is 11.7. The van der Waals surface area contributed by atoms with Crippen LogP contribution in [-0.2, 0) is 6.54 Å². The average Bonchev–Trinajstić information content (AvgIpc) is 3.49. The molecule has 2 aromatic heterocycles. The number of benzene rings is 4. The van der Waals surface area contributed by atoms with Crippen LogP contribution >= 0.6 is 0 Å². The van der Waals surface area contributed by atoms with Crippen LogP contribution in [0.15, 0.2) is 120 Å². The van der Waals surface area contributed by atoms with E-state index >= 15 is 0 Å². The zero-order valence-corrected chi connectivity index (χ0v) is 18.9. The number of hydrogen-bond acceptors (Lipinski definition) is 3. The van der Waals surface area contributed by atoms with Crippen LogP contribution in [0.1, 0.15) is 27.5 Å². The van der Waals surface area contributed by atoms with E-state index in [9.17, 15) is 9.90 Å². The third kappa shape index (κ3) is 3.97. The fourth-order valence-corrected chi connectivity index (χ4v) is 4.65. The van der Waals surface area contributed by atoms with E-state index in [4.69, 9.17) is 4.42 Å². The van der Waals surface area contributed by atoms with Crippen molar-refractivity contribution in [3.05, 3.63) is 132 Å². The van der Waals surface area contributed by atoms with E-state index in [1.807, 2.05) is 65.8 Å². The van der Waals surface area contributed by atoms with Gasteiger partial charge in [-0.3, -0.25) is 4.79 Å². The Balaban J connectivity index is 1.39. The van der Waals surface area contributed by atoms with Crippen LogP contribution in [-0.4, -0.2) is 15.5 Å².